The Kier molecular flexibility index (Phi) is 5.85. The molecule has 2 nitrogen and oxygen atoms in total. The Balaban J connectivity index is 1.89. The Morgan fingerprint density at radius 1 is 0.571 bits per heavy atom. The van der Waals surface area contributed by atoms with Crippen LogP contribution in [0.2, 0.25) is 0 Å². The second kappa shape index (κ2) is 8.67. The van der Waals surface area contributed by atoms with Gasteiger partial charge in [-0.25, -0.2) is 0 Å². The Bertz CT molecular complexity index is 1010. The Morgan fingerprint density at radius 3 is 1.18 bits per heavy atom. The summed E-state index contributed by atoms with van der Waals surface area (Å²) in [6.45, 7) is 4.07. The minimum atomic E-state index is 0.594. The van der Waals surface area contributed by atoms with Gasteiger partial charge in [0, 0.05) is 0 Å². The van der Waals surface area contributed by atoms with E-state index in [0.717, 1.165) is 22.3 Å². The van der Waals surface area contributed by atoms with Crippen molar-refractivity contribution in [3.8, 4) is 12.1 Å². The van der Waals surface area contributed by atoms with Crippen LogP contribution in [0.3, 0.4) is 0 Å². The zero-order chi connectivity index (χ0) is 19.9. The minimum Gasteiger partial charge on any atom is -0.192 e. The lowest BCUT2D eigenvalue weighted by atomic mass is 9.98. The third-order valence-corrected chi connectivity index (χ3v) is 4.52. The van der Waals surface area contributed by atoms with Crippen LogP contribution in [0.5, 0.6) is 0 Å². The average Bonchev–Trinajstić information content (AvgIpc) is 2.73. The number of benzene rings is 3. The number of hydrogen-bond acceptors (Lipinski definition) is 2. The molecule has 0 aliphatic heterocycles. The second-order valence-electron chi connectivity index (χ2n) is 6.74. The number of aryl methyl sites for hydroxylation is 2. The van der Waals surface area contributed by atoms with Gasteiger partial charge < -0.3 is 0 Å². The molecule has 0 aliphatic carbocycles. The molecule has 0 fully saturated rings. The summed E-state index contributed by atoms with van der Waals surface area (Å²) in [4.78, 5) is 0. The quantitative estimate of drug-likeness (QED) is 0.397. The molecule has 0 radical (unpaired) electrons. The van der Waals surface area contributed by atoms with E-state index in [4.69, 9.17) is 0 Å². The van der Waals surface area contributed by atoms with Crippen LogP contribution in [0.15, 0.2) is 72.8 Å². The Labute approximate surface area is 166 Å². The van der Waals surface area contributed by atoms with Gasteiger partial charge in [-0.3, -0.25) is 0 Å². The lowest BCUT2D eigenvalue weighted by Gasteiger charge is -2.04. The minimum absolute atomic E-state index is 0.594. The summed E-state index contributed by atoms with van der Waals surface area (Å²) in [6.07, 6.45) is 3.75. The fourth-order valence-corrected chi connectivity index (χ4v) is 2.85. The van der Waals surface area contributed by atoms with Gasteiger partial charge in [-0.05, 0) is 48.3 Å². The van der Waals surface area contributed by atoms with Gasteiger partial charge in [-0.1, -0.05) is 83.9 Å². The first-order valence-electron chi connectivity index (χ1n) is 9.07. The van der Waals surface area contributed by atoms with Crippen molar-refractivity contribution in [2.45, 2.75) is 13.8 Å². The van der Waals surface area contributed by atoms with E-state index >= 15 is 0 Å². The van der Waals surface area contributed by atoms with E-state index in [-0.39, 0.29) is 0 Å². The summed E-state index contributed by atoms with van der Waals surface area (Å²) < 4.78 is 0. The lowest BCUT2D eigenvalue weighted by Crippen LogP contribution is -1.86. The second-order valence-corrected chi connectivity index (χ2v) is 6.74. The van der Waals surface area contributed by atoms with Gasteiger partial charge in [0.2, 0.25) is 0 Å². The van der Waals surface area contributed by atoms with Gasteiger partial charge >= 0.3 is 0 Å². The Morgan fingerprint density at radius 2 is 0.893 bits per heavy atom. The standard InChI is InChI=1S/C26H20N2/c1-19-3-7-21(8-4-19)15-25(17-27)23-11-13-24(14-12-23)26(18-28)16-22-9-5-20(2)6-10-22/h3-16H,1-2H3/b25-15-,26-16+. The molecule has 28 heavy (non-hydrogen) atoms. The van der Waals surface area contributed by atoms with Crippen LogP contribution in [-0.2, 0) is 0 Å². The van der Waals surface area contributed by atoms with E-state index in [2.05, 4.69) is 12.1 Å². The molecule has 3 rings (SSSR count). The van der Waals surface area contributed by atoms with E-state index in [1.165, 1.54) is 11.1 Å². The summed E-state index contributed by atoms with van der Waals surface area (Å²) >= 11 is 0. The molecule has 0 aliphatic rings. The normalized spacial score (nSPS) is 11.6. The van der Waals surface area contributed by atoms with Crippen LogP contribution in [-0.4, -0.2) is 0 Å². The summed E-state index contributed by atoms with van der Waals surface area (Å²) in [5.74, 6) is 0. The Hall–Kier alpha value is -3.88. The maximum absolute atomic E-state index is 9.56. The van der Waals surface area contributed by atoms with Gasteiger partial charge in [-0.15, -0.1) is 0 Å². The number of hydrogen-bond donors (Lipinski definition) is 0. The molecule has 0 bridgehead atoms. The number of nitriles is 2. The highest BCUT2D eigenvalue weighted by Gasteiger charge is 2.05. The molecular formula is C26H20N2. The number of rotatable bonds is 4. The zero-order valence-electron chi connectivity index (χ0n) is 16.0. The summed E-state index contributed by atoms with van der Waals surface area (Å²) in [5.41, 5.74) is 7.20. The smallest absolute Gasteiger partial charge is 0.0998 e. The molecular weight excluding hydrogens is 340 g/mol. The third-order valence-electron chi connectivity index (χ3n) is 4.52. The van der Waals surface area contributed by atoms with Crippen LogP contribution in [0.1, 0.15) is 33.4 Å². The first-order chi connectivity index (χ1) is 13.6. The molecule has 0 saturated carbocycles. The number of allylic oxidation sites excluding steroid dienone is 2. The van der Waals surface area contributed by atoms with Crippen molar-refractivity contribution in [3.05, 3.63) is 106 Å². The predicted molar refractivity (Wildman–Crippen MR) is 116 cm³/mol. The highest BCUT2D eigenvalue weighted by atomic mass is 14.3. The van der Waals surface area contributed by atoms with Crippen molar-refractivity contribution < 1.29 is 0 Å². The van der Waals surface area contributed by atoms with E-state index < -0.39 is 0 Å². The van der Waals surface area contributed by atoms with Crippen molar-refractivity contribution in [1.29, 1.82) is 10.5 Å². The molecule has 3 aromatic carbocycles. The molecule has 0 heterocycles. The molecule has 3 aromatic rings. The largest absolute Gasteiger partial charge is 0.192 e. The third kappa shape index (κ3) is 4.64. The molecule has 0 saturated heterocycles. The average molecular weight is 360 g/mol. The predicted octanol–water partition coefficient (Wildman–Crippen LogP) is 6.43. The first kappa shape index (κ1) is 18.9. The van der Waals surface area contributed by atoms with Crippen molar-refractivity contribution >= 4 is 23.3 Å². The lowest BCUT2D eigenvalue weighted by molar-refractivity contribution is 1.46. The van der Waals surface area contributed by atoms with Crippen LogP contribution >= 0.6 is 0 Å². The van der Waals surface area contributed by atoms with Crippen LogP contribution in [0.25, 0.3) is 23.3 Å². The highest BCUT2D eigenvalue weighted by molar-refractivity contribution is 5.92. The maximum Gasteiger partial charge on any atom is 0.0998 e. The van der Waals surface area contributed by atoms with E-state index in [9.17, 15) is 10.5 Å². The highest BCUT2D eigenvalue weighted by Crippen LogP contribution is 2.23. The fraction of sp³-hybridized carbons (Fsp3) is 0.0769. The number of nitrogens with zero attached hydrogens (tertiary/aromatic N) is 2. The maximum atomic E-state index is 9.56. The summed E-state index contributed by atoms with van der Waals surface area (Å²) in [6, 6.07) is 28.2. The van der Waals surface area contributed by atoms with Crippen molar-refractivity contribution in [3.63, 3.8) is 0 Å². The molecule has 2 heteroatoms. The summed E-state index contributed by atoms with van der Waals surface area (Å²) in [5, 5.41) is 19.1. The van der Waals surface area contributed by atoms with Gasteiger partial charge in [0.15, 0.2) is 0 Å². The molecule has 134 valence electrons. The summed E-state index contributed by atoms with van der Waals surface area (Å²) in [7, 11) is 0. The van der Waals surface area contributed by atoms with Gasteiger partial charge in [0.1, 0.15) is 0 Å². The zero-order valence-corrected chi connectivity index (χ0v) is 16.0. The molecule has 0 aromatic heterocycles. The molecule has 0 N–H and O–H groups in total. The van der Waals surface area contributed by atoms with Crippen molar-refractivity contribution in [2.75, 3.05) is 0 Å². The molecule has 0 amide bonds. The van der Waals surface area contributed by atoms with E-state index in [1.54, 1.807) is 0 Å². The van der Waals surface area contributed by atoms with Crippen LogP contribution in [0, 0.1) is 36.5 Å². The van der Waals surface area contributed by atoms with Gasteiger partial charge in [0.25, 0.3) is 0 Å². The van der Waals surface area contributed by atoms with Gasteiger partial charge in [0.05, 0.1) is 23.3 Å². The fourth-order valence-electron chi connectivity index (χ4n) is 2.85. The monoisotopic (exact) mass is 360 g/mol. The topological polar surface area (TPSA) is 47.6 Å². The molecule has 0 spiro atoms. The molecule has 0 unspecified atom stereocenters. The van der Waals surface area contributed by atoms with Crippen LogP contribution < -0.4 is 0 Å². The first-order valence-corrected chi connectivity index (χ1v) is 9.07. The van der Waals surface area contributed by atoms with E-state index in [0.29, 0.717) is 11.1 Å². The van der Waals surface area contributed by atoms with E-state index in [1.807, 2.05) is 98.8 Å². The SMILES string of the molecule is Cc1ccc(/C=C(\C#N)c2ccc(/C(C#N)=C\c3ccc(C)cc3)cc2)cc1. The van der Waals surface area contributed by atoms with Crippen molar-refractivity contribution in [2.24, 2.45) is 0 Å². The van der Waals surface area contributed by atoms with Gasteiger partial charge in [-0.2, -0.15) is 10.5 Å². The van der Waals surface area contributed by atoms with Crippen molar-refractivity contribution in [1.82, 2.24) is 0 Å². The molecule has 0 atom stereocenters. The van der Waals surface area contributed by atoms with Crippen LogP contribution in [0.4, 0.5) is 0 Å².